The Balaban J connectivity index is 2.60. The van der Waals surface area contributed by atoms with Gasteiger partial charge in [0.05, 0.1) is 12.3 Å². The maximum atomic E-state index is 10.1. The zero-order valence-electron chi connectivity index (χ0n) is 10.2. The molecule has 1 rings (SSSR count). The maximum absolute atomic E-state index is 10.1. The summed E-state index contributed by atoms with van der Waals surface area (Å²) in [7, 11) is 1.90. The van der Waals surface area contributed by atoms with Crippen molar-refractivity contribution < 1.29 is 5.11 Å². The summed E-state index contributed by atoms with van der Waals surface area (Å²) in [5.41, 5.74) is 2.03. The summed E-state index contributed by atoms with van der Waals surface area (Å²) in [5, 5.41) is 14.2. The normalized spacial score (nSPS) is 15.3. The van der Waals surface area contributed by atoms with Crippen molar-refractivity contribution in [1.29, 1.82) is 0 Å². The van der Waals surface area contributed by atoms with E-state index in [0.717, 1.165) is 17.7 Å². The van der Waals surface area contributed by atoms with Crippen molar-refractivity contribution in [2.24, 2.45) is 13.0 Å². The number of aliphatic hydroxyl groups is 1. The lowest BCUT2D eigenvalue weighted by Crippen LogP contribution is -2.05. The third kappa shape index (κ3) is 3.06. The van der Waals surface area contributed by atoms with E-state index in [4.69, 9.17) is 0 Å². The Labute approximate surface area is 92.1 Å². The molecule has 0 aliphatic heterocycles. The van der Waals surface area contributed by atoms with E-state index in [9.17, 15) is 5.11 Å². The molecule has 1 heterocycles. The second kappa shape index (κ2) is 5.31. The lowest BCUT2D eigenvalue weighted by atomic mass is 9.95. The SMILES string of the molecule is CCCC(C)CC(O)c1cnn(C)c1C. The molecule has 0 bridgehead atoms. The number of nitrogens with zero attached hydrogens (tertiary/aromatic N) is 2. The van der Waals surface area contributed by atoms with E-state index < -0.39 is 0 Å². The van der Waals surface area contributed by atoms with Gasteiger partial charge in [-0.2, -0.15) is 5.10 Å². The fraction of sp³-hybridized carbons (Fsp3) is 0.750. The van der Waals surface area contributed by atoms with Crippen molar-refractivity contribution in [3.8, 4) is 0 Å². The Morgan fingerprint density at radius 2 is 2.20 bits per heavy atom. The predicted molar refractivity (Wildman–Crippen MR) is 61.6 cm³/mol. The quantitative estimate of drug-likeness (QED) is 0.811. The summed E-state index contributed by atoms with van der Waals surface area (Å²) < 4.78 is 1.81. The van der Waals surface area contributed by atoms with Gasteiger partial charge in [0.25, 0.3) is 0 Å². The third-order valence-corrected chi connectivity index (χ3v) is 3.04. The molecule has 0 aromatic carbocycles. The van der Waals surface area contributed by atoms with Crippen molar-refractivity contribution >= 4 is 0 Å². The van der Waals surface area contributed by atoms with Crippen molar-refractivity contribution in [2.45, 2.75) is 46.1 Å². The summed E-state index contributed by atoms with van der Waals surface area (Å²) >= 11 is 0. The van der Waals surface area contributed by atoms with Gasteiger partial charge in [0, 0.05) is 18.3 Å². The molecule has 2 atom stereocenters. The molecule has 3 heteroatoms. The van der Waals surface area contributed by atoms with Gasteiger partial charge in [-0.3, -0.25) is 4.68 Å². The van der Waals surface area contributed by atoms with Crippen LogP contribution >= 0.6 is 0 Å². The zero-order chi connectivity index (χ0) is 11.4. The van der Waals surface area contributed by atoms with Crippen LogP contribution in [0.25, 0.3) is 0 Å². The summed E-state index contributed by atoms with van der Waals surface area (Å²) in [5.74, 6) is 0.574. The standard InChI is InChI=1S/C12H22N2O/c1-5-6-9(2)7-12(15)11-8-13-14(4)10(11)3/h8-9,12,15H,5-7H2,1-4H3. The van der Waals surface area contributed by atoms with E-state index in [1.54, 1.807) is 6.20 Å². The molecule has 1 aromatic rings. The largest absolute Gasteiger partial charge is 0.388 e. The molecular formula is C12H22N2O. The van der Waals surface area contributed by atoms with E-state index in [2.05, 4.69) is 18.9 Å². The first-order chi connectivity index (χ1) is 7.06. The van der Waals surface area contributed by atoms with Crippen molar-refractivity contribution in [1.82, 2.24) is 9.78 Å². The van der Waals surface area contributed by atoms with Crippen LogP contribution in [0.2, 0.25) is 0 Å². The van der Waals surface area contributed by atoms with Gasteiger partial charge in [-0.15, -0.1) is 0 Å². The van der Waals surface area contributed by atoms with Crippen LogP contribution in [-0.2, 0) is 7.05 Å². The lowest BCUT2D eigenvalue weighted by molar-refractivity contribution is 0.144. The minimum Gasteiger partial charge on any atom is -0.388 e. The molecule has 0 amide bonds. The Morgan fingerprint density at radius 1 is 1.53 bits per heavy atom. The fourth-order valence-corrected chi connectivity index (χ4v) is 1.96. The van der Waals surface area contributed by atoms with Crippen LogP contribution < -0.4 is 0 Å². The van der Waals surface area contributed by atoms with Crippen molar-refractivity contribution in [3.63, 3.8) is 0 Å². The molecule has 0 aliphatic rings. The molecule has 15 heavy (non-hydrogen) atoms. The van der Waals surface area contributed by atoms with Gasteiger partial charge in [-0.25, -0.2) is 0 Å². The van der Waals surface area contributed by atoms with Crippen LogP contribution in [0, 0.1) is 12.8 Å². The molecular weight excluding hydrogens is 188 g/mol. The minimum atomic E-state index is -0.361. The lowest BCUT2D eigenvalue weighted by Gasteiger charge is -2.15. The van der Waals surface area contributed by atoms with Crippen LogP contribution in [0.3, 0.4) is 0 Å². The summed E-state index contributed by atoms with van der Waals surface area (Å²) in [6.45, 7) is 6.37. The van der Waals surface area contributed by atoms with Gasteiger partial charge in [-0.05, 0) is 19.3 Å². The summed E-state index contributed by atoms with van der Waals surface area (Å²) in [6, 6.07) is 0. The first-order valence-corrected chi connectivity index (χ1v) is 5.72. The van der Waals surface area contributed by atoms with Gasteiger partial charge in [0.2, 0.25) is 0 Å². The van der Waals surface area contributed by atoms with E-state index in [-0.39, 0.29) is 6.10 Å². The van der Waals surface area contributed by atoms with Crippen LogP contribution in [0.15, 0.2) is 6.20 Å². The highest BCUT2D eigenvalue weighted by atomic mass is 16.3. The van der Waals surface area contributed by atoms with Crippen LogP contribution in [0.4, 0.5) is 0 Å². The number of hydrogen-bond donors (Lipinski definition) is 1. The number of aliphatic hydroxyl groups excluding tert-OH is 1. The molecule has 86 valence electrons. The Bertz CT molecular complexity index is 307. The Kier molecular flexibility index (Phi) is 4.33. The Hall–Kier alpha value is -0.830. The molecule has 2 unspecified atom stereocenters. The van der Waals surface area contributed by atoms with Crippen LogP contribution in [0.5, 0.6) is 0 Å². The van der Waals surface area contributed by atoms with Crippen LogP contribution in [0.1, 0.15) is 50.5 Å². The van der Waals surface area contributed by atoms with Gasteiger partial charge >= 0.3 is 0 Å². The van der Waals surface area contributed by atoms with Gasteiger partial charge < -0.3 is 5.11 Å². The molecule has 0 saturated heterocycles. The highest BCUT2D eigenvalue weighted by Gasteiger charge is 2.16. The second-order valence-corrected chi connectivity index (χ2v) is 4.45. The number of hydrogen-bond acceptors (Lipinski definition) is 2. The minimum absolute atomic E-state index is 0.361. The fourth-order valence-electron chi connectivity index (χ4n) is 1.96. The van der Waals surface area contributed by atoms with Gasteiger partial charge in [0.1, 0.15) is 0 Å². The number of aromatic nitrogens is 2. The molecule has 1 aromatic heterocycles. The molecule has 0 radical (unpaired) electrons. The predicted octanol–water partition coefficient (Wildman–Crippen LogP) is 2.59. The monoisotopic (exact) mass is 210 g/mol. The second-order valence-electron chi connectivity index (χ2n) is 4.45. The first kappa shape index (κ1) is 12.2. The van der Waals surface area contributed by atoms with E-state index >= 15 is 0 Å². The summed E-state index contributed by atoms with van der Waals surface area (Å²) in [6.07, 6.45) is 4.61. The third-order valence-electron chi connectivity index (χ3n) is 3.04. The average molecular weight is 210 g/mol. The summed E-state index contributed by atoms with van der Waals surface area (Å²) in [4.78, 5) is 0. The average Bonchev–Trinajstić information content (AvgIpc) is 2.48. The number of rotatable bonds is 5. The molecule has 0 spiro atoms. The maximum Gasteiger partial charge on any atom is 0.0825 e. The van der Waals surface area contributed by atoms with Crippen molar-refractivity contribution in [3.05, 3.63) is 17.5 Å². The van der Waals surface area contributed by atoms with E-state index in [0.29, 0.717) is 5.92 Å². The molecule has 1 N–H and O–H groups in total. The molecule has 0 fully saturated rings. The smallest absolute Gasteiger partial charge is 0.0825 e. The molecule has 0 aliphatic carbocycles. The topological polar surface area (TPSA) is 38.1 Å². The van der Waals surface area contributed by atoms with Gasteiger partial charge in [-0.1, -0.05) is 26.7 Å². The van der Waals surface area contributed by atoms with Crippen LogP contribution in [-0.4, -0.2) is 14.9 Å². The number of aryl methyl sites for hydroxylation is 1. The molecule has 3 nitrogen and oxygen atoms in total. The zero-order valence-corrected chi connectivity index (χ0v) is 10.2. The highest BCUT2D eigenvalue weighted by molar-refractivity contribution is 5.18. The van der Waals surface area contributed by atoms with Gasteiger partial charge in [0.15, 0.2) is 0 Å². The molecule has 0 saturated carbocycles. The van der Waals surface area contributed by atoms with Crippen molar-refractivity contribution in [2.75, 3.05) is 0 Å². The highest BCUT2D eigenvalue weighted by Crippen LogP contribution is 2.25. The first-order valence-electron chi connectivity index (χ1n) is 5.72. The Morgan fingerprint density at radius 3 is 2.67 bits per heavy atom. The van der Waals surface area contributed by atoms with E-state index in [1.165, 1.54) is 12.8 Å². The van der Waals surface area contributed by atoms with E-state index in [1.807, 2.05) is 18.7 Å².